The first kappa shape index (κ1) is 27.1. The molecule has 0 spiro atoms. The van der Waals surface area contributed by atoms with Gasteiger partial charge in [0.15, 0.2) is 0 Å². The number of carbonyl (C=O) groups is 2. The lowest BCUT2D eigenvalue weighted by Crippen LogP contribution is -2.29. The number of aliphatic hydroxyl groups excluding tert-OH is 1. The Morgan fingerprint density at radius 1 is 0.881 bits per heavy atom. The van der Waals surface area contributed by atoms with Crippen LogP contribution in [0.3, 0.4) is 0 Å². The maximum Gasteiger partial charge on any atom is 0.300 e. The zero-order valence-electron chi connectivity index (χ0n) is 23.8. The summed E-state index contributed by atoms with van der Waals surface area (Å²) in [4.78, 5) is 32.4. The molecule has 1 aliphatic heterocycles. The number of nitrogens with one attached hydrogen (secondary N) is 1. The van der Waals surface area contributed by atoms with E-state index in [1.807, 2.05) is 92.7 Å². The number of nitrogens with zero attached hydrogens (tertiary/aromatic N) is 1. The SMILES string of the molecule is CCc1ccc(N2C(=O)C(=O)/C(=C(/O)c3ccc(OCc4ccccc4)c(C)c3)C2c2c(C)[nH]c3ccccc23)cc1. The number of carbonyl (C=O) groups excluding carboxylic acids is 2. The number of ketones is 1. The molecule has 1 unspecified atom stereocenters. The number of aromatic amines is 1. The number of ether oxygens (including phenoxy) is 1. The first-order valence-electron chi connectivity index (χ1n) is 14.1. The molecule has 6 rings (SSSR count). The van der Waals surface area contributed by atoms with Crippen LogP contribution >= 0.6 is 0 Å². The van der Waals surface area contributed by atoms with E-state index in [1.54, 1.807) is 18.2 Å². The minimum atomic E-state index is -0.817. The summed E-state index contributed by atoms with van der Waals surface area (Å²) >= 11 is 0. The Morgan fingerprint density at radius 3 is 2.31 bits per heavy atom. The number of anilines is 1. The van der Waals surface area contributed by atoms with E-state index >= 15 is 0 Å². The Morgan fingerprint density at radius 2 is 1.60 bits per heavy atom. The van der Waals surface area contributed by atoms with Crippen LogP contribution in [-0.4, -0.2) is 21.8 Å². The third kappa shape index (κ3) is 4.75. The third-order valence-corrected chi connectivity index (χ3v) is 7.97. The number of Topliss-reactive ketones (excluding diaryl/α,β-unsaturated/α-hetero) is 1. The number of hydrogen-bond donors (Lipinski definition) is 2. The smallest absolute Gasteiger partial charge is 0.300 e. The molecular weight excluding hydrogens is 524 g/mol. The molecule has 1 aromatic heterocycles. The average molecular weight is 557 g/mol. The summed E-state index contributed by atoms with van der Waals surface area (Å²) in [6.45, 7) is 6.30. The predicted molar refractivity (Wildman–Crippen MR) is 166 cm³/mol. The van der Waals surface area contributed by atoms with Crippen molar-refractivity contribution in [1.82, 2.24) is 4.98 Å². The lowest BCUT2D eigenvalue weighted by molar-refractivity contribution is -0.132. The fourth-order valence-corrected chi connectivity index (χ4v) is 5.76. The fourth-order valence-electron chi connectivity index (χ4n) is 5.76. The molecule has 0 aliphatic carbocycles. The average Bonchev–Trinajstić information content (AvgIpc) is 3.48. The van der Waals surface area contributed by atoms with Crippen molar-refractivity contribution >= 4 is 34.0 Å². The van der Waals surface area contributed by atoms with E-state index in [9.17, 15) is 14.7 Å². The molecule has 1 amide bonds. The van der Waals surface area contributed by atoms with Crippen molar-refractivity contribution in [3.05, 3.63) is 136 Å². The summed E-state index contributed by atoms with van der Waals surface area (Å²) in [5.74, 6) is -0.928. The number of para-hydroxylation sites is 1. The van der Waals surface area contributed by atoms with E-state index in [2.05, 4.69) is 11.9 Å². The minimum Gasteiger partial charge on any atom is -0.507 e. The van der Waals surface area contributed by atoms with Gasteiger partial charge in [-0.1, -0.05) is 67.6 Å². The van der Waals surface area contributed by atoms with Gasteiger partial charge in [-0.25, -0.2) is 0 Å². The van der Waals surface area contributed by atoms with Gasteiger partial charge in [-0.3, -0.25) is 14.5 Å². The number of hydrogen-bond acceptors (Lipinski definition) is 4. The second-order valence-electron chi connectivity index (χ2n) is 10.7. The normalized spacial score (nSPS) is 16.4. The number of amides is 1. The van der Waals surface area contributed by atoms with Crippen molar-refractivity contribution < 1.29 is 19.4 Å². The van der Waals surface area contributed by atoms with E-state index in [-0.39, 0.29) is 11.3 Å². The van der Waals surface area contributed by atoms with Crippen LogP contribution in [0.4, 0.5) is 5.69 Å². The Labute approximate surface area is 244 Å². The van der Waals surface area contributed by atoms with Crippen LogP contribution in [0.1, 0.15) is 46.5 Å². The van der Waals surface area contributed by atoms with Crippen molar-refractivity contribution in [3.8, 4) is 5.75 Å². The Kier molecular flexibility index (Phi) is 7.13. The van der Waals surface area contributed by atoms with Crippen molar-refractivity contribution in [2.45, 2.75) is 39.8 Å². The first-order valence-corrected chi connectivity index (χ1v) is 14.1. The molecule has 1 fully saturated rings. The number of aromatic nitrogens is 1. The number of rotatable bonds is 7. The van der Waals surface area contributed by atoms with Crippen LogP contribution in [0.5, 0.6) is 5.75 Å². The van der Waals surface area contributed by atoms with Gasteiger partial charge in [0.2, 0.25) is 0 Å². The number of aliphatic hydroxyl groups is 1. The molecule has 1 aliphatic rings. The lowest BCUT2D eigenvalue weighted by Gasteiger charge is -2.26. The summed E-state index contributed by atoms with van der Waals surface area (Å²) in [5, 5.41) is 12.6. The summed E-state index contributed by atoms with van der Waals surface area (Å²) in [7, 11) is 0. The summed E-state index contributed by atoms with van der Waals surface area (Å²) in [6, 6.07) is 29.8. The Bertz CT molecular complexity index is 1830. The molecule has 2 heterocycles. The van der Waals surface area contributed by atoms with Crippen LogP contribution in [0.15, 0.2) is 103 Å². The number of aryl methyl sites for hydroxylation is 3. The van der Waals surface area contributed by atoms with Gasteiger partial charge in [0.25, 0.3) is 11.7 Å². The topological polar surface area (TPSA) is 82.6 Å². The van der Waals surface area contributed by atoms with Crippen LogP contribution < -0.4 is 9.64 Å². The standard InChI is InChI=1S/C36H32N2O4/c1-4-24-14-17-27(18-15-24)38-33(31-23(3)37-29-13-9-8-12-28(29)31)32(35(40)36(38)41)34(39)26-16-19-30(22(2)20-26)42-21-25-10-6-5-7-11-25/h5-20,33,37,39H,4,21H2,1-3H3/b34-32+. The highest BCUT2D eigenvalue weighted by molar-refractivity contribution is 6.52. The molecule has 6 heteroatoms. The van der Waals surface area contributed by atoms with Crippen molar-refractivity contribution in [1.29, 1.82) is 0 Å². The molecule has 1 saturated heterocycles. The molecule has 0 bridgehead atoms. The Balaban J connectivity index is 1.47. The first-order chi connectivity index (χ1) is 20.4. The van der Waals surface area contributed by atoms with E-state index in [1.165, 1.54) is 4.90 Å². The minimum absolute atomic E-state index is 0.0600. The summed E-state index contributed by atoms with van der Waals surface area (Å²) in [5.41, 5.74) is 6.59. The molecule has 1 atom stereocenters. The molecule has 0 radical (unpaired) electrons. The zero-order valence-corrected chi connectivity index (χ0v) is 23.8. The molecule has 2 N–H and O–H groups in total. The second kappa shape index (κ2) is 11.1. The largest absolute Gasteiger partial charge is 0.507 e. The molecule has 5 aromatic rings. The van der Waals surface area contributed by atoms with E-state index in [0.717, 1.165) is 45.3 Å². The van der Waals surface area contributed by atoms with E-state index in [4.69, 9.17) is 4.74 Å². The van der Waals surface area contributed by atoms with Gasteiger partial charge in [-0.15, -0.1) is 0 Å². The summed E-state index contributed by atoms with van der Waals surface area (Å²) in [6.07, 6.45) is 0.856. The molecular formula is C36H32N2O4. The zero-order chi connectivity index (χ0) is 29.4. The number of fused-ring (bicyclic) bond motifs is 1. The third-order valence-electron chi connectivity index (χ3n) is 7.97. The molecule has 210 valence electrons. The van der Waals surface area contributed by atoms with Crippen LogP contribution in [-0.2, 0) is 22.6 Å². The molecule has 4 aromatic carbocycles. The van der Waals surface area contributed by atoms with Gasteiger partial charge in [-0.2, -0.15) is 0 Å². The number of H-pyrrole nitrogens is 1. The number of benzene rings is 4. The van der Waals surface area contributed by atoms with Crippen LogP contribution in [0.2, 0.25) is 0 Å². The molecule has 0 saturated carbocycles. The van der Waals surface area contributed by atoms with Gasteiger partial charge in [-0.05, 0) is 73.4 Å². The quantitative estimate of drug-likeness (QED) is 0.123. The van der Waals surface area contributed by atoms with Crippen molar-refractivity contribution in [2.75, 3.05) is 4.90 Å². The van der Waals surface area contributed by atoms with Gasteiger partial charge in [0, 0.05) is 33.4 Å². The van der Waals surface area contributed by atoms with E-state index in [0.29, 0.717) is 23.6 Å². The fraction of sp³-hybridized carbons (Fsp3) is 0.167. The van der Waals surface area contributed by atoms with Crippen molar-refractivity contribution in [2.24, 2.45) is 0 Å². The predicted octanol–water partition coefficient (Wildman–Crippen LogP) is 7.55. The maximum absolute atomic E-state index is 13.7. The highest BCUT2D eigenvalue weighted by atomic mass is 16.5. The summed E-state index contributed by atoms with van der Waals surface area (Å²) < 4.78 is 6.03. The van der Waals surface area contributed by atoms with E-state index < -0.39 is 17.7 Å². The van der Waals surface area contributed by atoms with Gasteiger partial charge < -0.3 is 14.8 Å². The molecule has 42 heavy (non-hydrogen) atoms. The maximum atomic E-state index is 13.7. The molecule has 6 nitrogen and oxygen atoms in total. The highest BCUT2D eigenvalue weighted by Gasteiger charge is 2.48. The van der Waals surface area contributed by atoms with Gasteiger partial charge in [0.1, 0.15) is 18.1 Å². The lowest BCUT2D eigenvalue weighted by atomic mass is 9.92. The monoisotopic (exact) mass is 556 g/mol. The Hall–Kier alpha value is -5.10. The van der Waals surface area contributed by atoms with Gasteiger partial charge in [0.05, 0.1) is 11.6 Å². The second-order valence-corrected chi connectivity index (χ2v) is 10.7. The van der Waals surface area contributed by atoms with Crippen LogP contribution in [0.25, 0.3) is 16.7 Å². The van der Waals surface area contributed by atoms with Crippen LogP contribution in [0, 0.1) is 13.8 Å². The highest BCUT2D eigenvalue weighted by Crippen LogP contribution is 2.45. The van der Waals surface area contributed by atoms with Gasteiger partial charge >= 0.3 is 0 Å². The van der Waals surface area contributed by atoms with Crippen molar-refractivity contribution in [3.63, 3.8) is 0 Å².